The van der Waals surface area contributed by atoms with E-state index in [1.165, 1.54) is 61.7 Å². The molecule has 0 fully saturated rings. The molecule has 0 bridgehead atoms. The zero-order valence-corrected chi connectivity index (χ0v) is 23.5. The number of fused-ring (bicyclic) bond motifs is 3. The van der Waals surface area contributed by atoms with Crippen LogP contribution in [-0.4, -0.2) is 21.6 Å². The molecule has 0 N–H and O–H groups in total. The fourth-order valence-corrected chi connectivity index (χ4v) is 5.90. The van der Waals surface area contributed by atoms with Crippen molar-refractivity contribution in [2.45, 2.75) is 40.5 Å². The summed E-state index contributed by atoms with van der Waals surface area (Å²) in [6.07, 6.45) is 9.25. The summed E-state index contributed by atoms with van der Waals surface area (Å²) in [5.41, 5.74) is 14.4. The number of pyridine rings is 2. The molecule has 194 valence electrons. The maximum Gasteiger partial charge on any atom is 0.393 e. The predicted molar refractivity (Wildman–Crippen MR) is 159 cm³/mol. The van der Waals surface area contributed by atoms with Gasteiger partial charge in [-0.1, -0.05) is 35.4 Å². The van der Waals surface area contributed by atoms with Crippen LogP contribution in [0.3, 0.4) is 0 Å². The summed E-state index contributed by atoms with van der Waals surface area (Å²) in [5, 5.41) is 0. The molecule has 0 aliphatic carbocycles. The summed E-state index contributed by atoms with van der Waals surface area (Å²) in [4.78, 5) is 0. The molecule has 0 saturated carbocycles. The monoisotopic (exact) mass is 522 g/mol. The topological polar surface area (TPSA) is 13.8 Å². The van der Waals surface area contributed by atoms with Crippen LogP contribution in [0.2, 0.25) is 0 Å². The van der Waals surface area contributed by atoms with Gasteiger partial charge in [-0.3, -0.25) is 0 Å². The molecule has 5 heterocycles. The Labute approximate surface area is 236 Å². The number of benzene rings is 3. The van der Waals surface area contributed by atoms with Gasteiger partial charge in [0.15, 0.2) is 24.8 Å². The number of hydrogen-bond acceptors (Lipinski definition) is 0. The average molecular weight is 523 g/mol. The van der Waals surface area contributed by atoms with E-state index in [9.17, 15) is 0 Å². The second-order valence-electron chi connectivity index (χ2n) is 11.2. The normalized spacial score (nSPS) is 17.2. The van der Waals surface area contributed by atoms with Gasteiger partial charge in [0.1, 0.15) is 0 Å². The first kappa shape index (κ1) is 24.3. The van der Waals surface area contributed by atoms with Crippen LogP contribution < -0.4 is 9.13 Å². The third-order valence-electron chi connectivity index (χ3n) is 8.05. The molecule has 0 unspecified atom stereocenters. The molecule has 3 aliphatic heterocycles. The zero-order chi connectivity index (χ0) is 27.4. The molecule has 0 saturated heterocycles. The lowest BCUT2D eigenvalue weighted by atomic mass is 9.90. The molecule has 40 heavy (non-hydrogen) atoms. The van der Waals surface area contributed by atoms with Crippen molar-refractivity contribution in [3.63, 3.8) is 0 Å². The maximum absolute atomic E-state index is 2.37. The SMILES string of the molecule is Cc1ccc(/C=[N+]2/c3cccc4c3C2/[N+]4=C\c2ccc(C)cc2)cc1.Cc1ccc2[n+](c1)C[n+]1cc(C)ccc1-2. The van der Waals surface area contributed by atoms with Crippen LogP contribution in [0.25, 0.3) is 11.4 Å². The number of nitrogens with zero attached hydrogens (tertiary/aromatic N) is 4. The van der Waals surface area contributed by atoms with Gasteiger partial charge in [-0.05, 0) is 70.2 Å². The maximum atomic E-state index is 2.37. The van der Waals surface area contributed by atoms with Gasteiger partial charge in [0, 0.05) is 46.5 Å². The van der Waals surface area contributed by atoms with E-state index in [4.69, 9.17) is 0 Å². The van der Waals surface area contributed by atoms with E-state index >= 15 is 0 Å². The summed E-state index contributed by atoms with van der Waals surface area (Å²) in [6.45, 7) is 9.45. The minimum atomic E-state index is 0.328. The lowest BCUT2D eigenvalue weighted by Gasteiger charge is -2.31. The zero-order valence-electron chi connectivity index (χ0n) is 23.5. The quantitative estimate of drug-likeness (QED) is 0.240. The van der Waals surface area contributed by atoms with E-state index in [1.54, 1.807) is 0 Å². The van der Waals surface area contributed by atoms with Crippen LogP contribution in [-0.2, 0) is 6.67 Å². The fourth-order valence-electron chi connectivity index (χ4n) is 5.90. The summed E-state index contributed by atoms with van der Waals surface area (Å²) >= 11 is 0. The van der Waals surface area contributed by atoms with Crippen LogP contribution in [0.5, 0.6) is 0 Å². The minimum Gasteiger partial charge on any atom is -0.133 e. The van der Waals surface area contributed by atoms with E-state index in [0.717, 1.165) is 6.67 Å². The van der Waals surface area contributed by atoms with Crippen LogP contribution in [0.15, 0.2) is 103 Å². The first-order chi connectivity index (χ1) is 19.4. The lowest BCUT2D eigenvalue weighted by molar-refractivity contribution is -0.877. The van der Waals surface area contributed by atoms with Gasteiger partial charge >= 0.3 is 12.8 Å². The summed E-state index contributed by atoms with van der Waals surface area (Å²) in [5.74, 6) is 0. The third-order valence-corrected chi connectivity index (χ3v) is 8.05. The van der Waals surface area contributed by atoms with E-state index in [2.05, 4.69) is 162 Å². The Morgan fingerprint density at radius 1 is 0.525 bits per heavy atom. The van der Waals surface area contributed by atoms with Gasteiger partial charge in [-0.2, -0.15) is 0 Å². The summed E-state index contributed by atoms with van der Waals surface area (Å²) in [6, 6.07) is 32.7. The van der Waals surface area contributed by atoms with Crippen molar-refractivity contribution in [3.05, 3.63) is 142 Å². The molecule has 4 heteroatoms. The number of hydrogen-bond donors (Lipinski definition) is 0. The lowest BCUT2D eigenvalue weighted by Crippen LogP contribution is -2.45. The average Bonchev–Trinajstić information content (AvgIpc) is 3.28. The molecule has 2 aromatic heterocycles. The first-order valence-corrected chi connectivity index (χ1v) is 14.0. The highest BCUT2D eigenvalue weighted by Gasteiger charge is 2.62. The van der Waals surface area contributed by atoms with Crippen LogP contribution in [0.4, 0.5) is 11.4 Å². The molecule has 0 atom stereocenters. The van der Waals surface area contributed by atoms with Crippen molar-refractivity contribution >= 4 is 23.8 Å². The third kappa shape index (κ3) is 4.17. The van der Waals surface area contributed by atoms with E-state index < -0.39 is 0 Å². The molecule has 0 amide bonds. The highest BCUT2D eigenvalue weighted by molar-refractivity contribution is 5.82. The fraction of sp³-hybridized carbons (Fsp3) is 0.167. The van der Waals surface area contributed by atoms with E-state index in [0.29, 0.717) is 6.17 Å². The Morgan fingerprint density at radius 2 is 0.950 bits per heavy atom. The highest BCUT2D eigenvalue weighted by Crippen LogP contribution is 2.56. The molecule has 0 spiro atoms. The van der Waals surface area contributed by atoms with Gasteiger partial charge in [-0.15, -0.1) is 18.3 Å². The van der Waals surface area contributed by atoms with E-state index in [-0.39, 0.29) is 0 Å². The van der Waals surface area contributed by atoms with Gasteiger partial charge in [0.05, 0.1) is 0 Å². The summed E-state index contributed by atoms with van der Waals surface area (Å²) < 4.78 is 9.34. The van der Waals surface area contributed by atoms with Crippen LogP contribution in [0.1, 0.15) is 45.1 Å². The van der Waals surface area contributed by atoms with Crippen LogP contribution in [0, 0.1) is 27.7 Å². The Hall–Kier alpha value is -4.70. The van der Waals surface area contributed by atoms with Crippen molar-refractivity contribution in [2.75, 3.05) is 0 Å². The Bertz CT molecular complexity index is 1710. The summed E-state index contributed by atoms with van der Waals surface area (Å²) in [7, 11) is 0. The first-order valence-electron chi connectivity index (χ1n) is 14.0. The molecule has 4 nitrogen and oxygen atoms in total. The smallest absolute Gasteiger partial charge is 0.133 e. The van der Waals surface area contributed by atoms with Crippen LogP contribution >= 0.6 is 0 Å². The van der Waals surface area contributed by atoms with E-state index in [1.807, 2.05) is 0 Å². The van der Waals surface area contributed by atoms with Crippen molar-refractivity contribution in [1.29, 1.82) is 0 Å². The van der Waals surface area contributed by atoms with Crippen molar-refractivity contribution in [1.82, 2.24) is 0 Å². The molecule has 8 rings (SSSR count). The van der Waals surface area contributed by atoms with Gasteiger partial charge in [0.25, 0.3) is 11.4 Å². The predicted octanol–water partition coefficient (Wildman–Crippen LogP) is 6.22. The molecular formula is C36H34N4+4. The molecular weight excluding hydrogens is 488 g/mol. The highest BCUT2D eigenvalue weighted by atomic mass is 15.3. The standard InChI is InChI=1S/C23H20N2.C13H14N2/c1-16-6-10-18(11-7-16)14-24-20-4-3-5-21-22(20)23(24)25(21)15-19-12-8-17(2)9-13-19;1-10-3-5-12-13-6-4-11(2)8-15(13)9-14(12)7-10/h3-15,23H,1-2H3;3-8H,9H2,1-2H3/q2*+2/b24-14-,25-15-;. The number of aryl methyl sites for hydroxylation is 4. The largest absolute Gasteiger partial charge is 0.393 e. The molecule has 5 aromatic rings. The minimum absolute atomic E-state index is 0.328. The second kappa shape index (κ2) is 9.49. The van der Waals surface area contributed by atoms with Crippen molar-refractivity contribution < 1.29 is 18.3 Å². The van der Waals surface area contributed by atoms with Gasteiger partial charge in [-0.25, -0.2) is 0 Å². The van der Waals surface area contributed by atoms with Gasteiger partial charge in [0.2, 0.25) is 16.9 Å². The Balaban J connectivity index is 0.000000150. The Morgan fingerprint density at radius 3 is 1.40 bits per heavy atom. The molecule has 3 aliphatic rings. The molecule has 0 radical (unpaired) electrons. The number of rotatable bonds is 2. The van der Waals surface area contributed by atoms with Crippen molar-refractivity contribution in [2.24, 2.45) is 0 Å². The second-order valence-corrected chi connectivity index (χ2v) is 11.2. The Kier molecular flexibility index (Phi) is 5.78. The number of aromatic nitrogens is 2. The van der Waals surface area contributed by atoms with Gasteiger partial charge < -0.3 is 0 Å². The van der Waals surface area contributed by atoms with Crippen molar-refractivity contribution in [3.8, 4) is 11.4 Å². The molecule has 3 aromatic carbocycles.